The van der Waals surface area contributed by atoms with E-state index in [2.05, 4.69) is 15.8 Å². The molecule has 1 unspecified atom stereocenters. The molecule has 1 atom stereocenters. The molecule has 3 aromatic rings. The van der Waals surface area contributed by atoms with E-state index in [1.807, 2.05) is 36.4 Å². The number of hydrogen-bond acceptors (Lipinski definition) is 5. The number of ether oxygens (including phenoxy) is 1. The van der Waals surface area contributed by atoms with Crippen LogP contribution in [0, 0.1) is 5.92 Å². The van der Waals surface area contributed by atoms with Crippen LogP contribution in [0.25, 0.3) is 17.2 Å². The number of alkyl halides is 1. The van der Waals surface area contributed by atoms with Gasteiger partial charge in [0.05, 0.1) is 23.5 Å². The summed E-state index contributed by atoms with van der Waals surface area (Å²) in [4.78, 5) is 15.4. The molecule has 0 bridgehead atoms. The van der Waals surface area contributed by atoms with Crippen LogP contribution in [-0.4, -0.2) is 23.2 Å². The highest BCUT2D eigenvalue weighted by Gasteiger charge is 2.30. The first-order valence-corrected chi connectivity index (χ1v) is 12.1. The fourth-order valence-corrected chi connectivity index (χ4v) is 4.92. The number of hydrazine groups is 1. The van der Waals surface area contributed by atoms with Crippen LogP contribution in [0.1, 0.15) is 53.5 Å². The molecule has 1 fully saturated rings. The third kappa shape index (κ3) is 4.72. The normalized spacial score (nSPS) is 17.8. The molecule has 2 aliphatic rings. The van der Waals surface area contributed by atoms with Gasteiger partial charge in [-0.1, -0.05) is 30.2 Å². The number of anilines is 1. The van der Waals surface area contributed by atoms with Crippen molar-refractivity contribution in [3.63, 3.8) is 0 Å². The smallest absolute Gasteiger partial charge is 0.328 e. The Morgan fingerprint density at radius 2 is 1.97 bits per heavy atom. The summed E-state index contributed by atoms with van der Waals surface area (Å²) in [5.41, 5.74) is 11.8. The third-order valence-electron chi connectivity index (χ3n) is 6.67. The van der Waals surface area contributed by atoms with E-state index in [9.17, 15) is 9.18 Å². The summed E-state index contributed by atoms with van der Waals surface area (Å²) < 4.78 is 19.9. The summed E-state index contributed by atoms with van der Waals surface area (Å²) >= 11 is 6.79. The van der Waals surface area contributed by atoms with Crippen molar-refractivity contribution in [2.45, 2.75) is 25.6 Å². The van der Waals surface area contributed by atoms with E-state index in [1.165, 1.54) is 6.08 Å². The van der Waals surface area contributed by atoms with Crippen LogP contribution in [-0.2, 0) is 4.79 Å². The maximum Gasteiger partial charge on any atom is 0.328 e. The highest BCUT2D eigenvalue weighted by atomic mass is 35.5. The Morgan fingerprint density at radius 3 is 2.61 bits per heavy atom. The minimum atomic E-state index is -1.32. The second-order valence-corrected chi connectivity index (χ2v) is 9.25. The van der Waals surface area contributed by atoms with Crippen molar-refractivity contribution in [1.82, 2.24) is 10.4 Å². The monoisotopic (exact) mass is 505 g/mol. The molecule has 36 heavy (non-hydrogen) atoms. The van der Waals surface area contributed by atoms with Gasteiger partial charge in [-0.3, -0.25) is 4.98 Å². The molecule has 1 aliphatic heterocycles. The lowest BCUT2D eigenvalue weighted by Gasteiger charge is -2.32. The van der Waals surface area contributed by atoms with Crippen molar-refractivity contribution in [2.24, 2.45) is 5.92 Å². The lowest BCUT2D eigenvalue weighted by atomic mass is 9.73. The number of nitrogens with one attached hydrogen (secondary N) is 2. The lowest BCUT2D eigenvalue weighted by molar-refractivity contribution is -0.131. The number of carbonyl (C=O) groups is 1. The summed E-state index contributed by atoms with van der Waals surface area (Å²) in [7, 11) is 1.60. The van der Waals surface area contributed by atoms with Crippen LogP contribution >= 0.6 is 11.6 Å². The maximum absolute atomic E-state index is 14.6. The molecular formula is C28H25ClFN3O3. The third-order valence-corrected chi connectivity index (χ3v) is 6.98. The van der Waals surface area contributed by atoms with Gasteiger partial charge in [0.2, 0.25) is 0 Å². The van der Waals surface area contributed by atoms with Crippen LogP contribution in [0.15, 0.2) is 60.8 Å². The van der Waals surface area contributed by atoms with Gasteiger partial charge in [-0.05, 0) is 83.5 Å². The van der Waals surface area contributed by atoms with Gasteiger partial charge in [0.25, 0.3) is 0 Å². The molecular weight excluding hydrogens is 481 g/mol. The molecule has 0 saturated heterocycles. The second kappa shape index (κ2) is 10.1. The Hall–Kier alpha value is -3.68. The molecule has 2 aromatic carbocycles. The number of aromatic nitrogens is 1. The van der Waals surface area contributed by atoms with Gasteiger partial charge in [0, 0.05) is 23.4 Å². The zero-order valence-electron chi connectivity index (χ0n) is 19.6. The molecule has 5 rings (SSSR count). The van der Waals surface area contributed by atoms with E-state index in [-0.39, 0.29) is 5.92 Å². The number of halogens is 2. The van der Waals surface area contributed by atoms with Crippen LogP contribution in [0.2, 0.25) is 5.02 Å². The van der Waals surface area contributed by atoms with E-state index in [1.54, 1.807) is 25.4 Å². The minimum Gasteiger partial charge on any atom is -0.497 e. The number of rotatable bonds is 7. The largest absolute Gasteiger partial charge is 0.497 e. The van der Waals surface area contributed by atoms with Crippen molar-refractivity contribution in [3.8, 4) is 5.75 Å². The standard InChI is InChI=1S/C28H25ClFN3O3/c1-36-20-9-10-21(23(29)14-20)27(16-3-2-4-16)26(17-6-11-24-22(13-17)28(30)33-32-24)18-5-7-19(31-15-18)8-12-25(34)35/h5-16,28,32-33H,2-4H2,1H3,(H,34,35)/b12-8+,27-26-. The van der Waals surface area contributed by atoms with Gasteiger partial charge >= 0.3 is 5.97 Å². The predicted octanol–water partition coefficient (Wildman–Crippen LogP) is 6.50. The fourth-order valence-electron chi connectivity index (χ4n) is 4.64. The molecule has 0 spiro atoms. The molecule has 1 aromatic heterocycles. The molecule has 8 heteroatoms. The Morgan fingerprint density at radius 1 is 1.17 bits per heavy atom. The number of fused-ring (bicyclic) bond motifs is 1. The van der Waals surface area contributed by atoms with E-state index >= 15 is 0 Å². The second-order valence-electron chi connectivity index (χ2n) is 8.84. The van der Waals surface area contributed by atoms with Gasteiger partial charge in [-0.25, -0.2) is 14.6 Å². The number of allylic oxidation sites excluding steroid dienone is 1. The number of carboxylic acids is 1. The Kier molecular flexibility index (Phi) is 6.76. The first-order chi connectivity index (χ1) is 17.4. The van der Waals surface area contributed by atoms with E-state index < -0.39 is 12.3 Å². The molecule has 0 amide bonds. The Labute approximate surface area is 213 Å². The fraction of sp³-hybridized carbons (Fsp3) is 0.214. The van der Waals surface area contributed by atoms with E-state index in [0.717, 1.165) is 53.2 Å². The number of pyridine rings is 1. The van der Waals surface area contributed by atoms with Crippen LogP contribution in [0.4, 0.5) is 10.1 Å². The van der Waals surface area contributed by atoms with Gasteiger partial charge < -0.3 is 15.3 Å². The summed E-state index contributed by atoms with van der Waals surface area (Å²) in [6.07, 6.45) is 6.07. The molecule has 2 heterocycles. The van der Waals surface area contributed by atoms with Crippen LogP contribution < -0.4 is 15.6 Å². The first kappa shape index (κ1) is 24.0. The average Bonchev–Trinajstić information content (AvgIpc) is 3.22. The zero-order chi connectivity index (χ0) is 25.2. The van der Waals surface area contributed by atoms with Crippen LogP contribution in [0.3, 0.4) is 0 Å². The summed E-state index contributed by atoms with van der Waals surface area (Å²) in [5.74, 6) is -0.0865. The molecule has 184 valence electrons. The molecule has 0 radical (unpaired) electrons. The van der Waals surface area contributed by atoms with E-state index in [0.29, 0.717) is 27.7 Å². The van der Waals surface area contributed by atoms with Gasteiger partial charge in [0.1, 0.15) is 5.75 Å². The average molecular weight is 506 g/mol. The first-order valence-electron chi connectivity index (χ1n) is 11.7. The van der Waals surface area contributed by atoms with Crippen LogP contribution in [0.5, 0.6) is 5.75 Å². The number of hydrogen-bond donors (Lipinski definition) is 3. The van der Waals surface area contributed by atoms with Gasteiger partial charge in [-0.15, -0.1) is 0 Å². The van der Waals surface area contributed by atoms with Crippen molar-refractivity contribution in [1.29, 1.82) is 0 Å². The molecule has 6 nitrogen and oxygen atoms in total. The summed E-state index contributed by atoms with van der Waals surface area (Å²) in [5, 5.41) is 9.52. The maximum atomic E-state index is 14.6. The van der Waals surface area contributed by atoms with Crippen molar-refractivity contribution >= 4 is 40.5 Å². The number of methoxy groups -OCH3 is 1. The Bertz CT molecular complexity index is 1370. The van der Waals surface area contributed by atoms with E-state index in [4.69, 9.17) is 21.4 Å². The van der Waals surface area contributed by atoms with Gasteiger partial charge in [-0.2, -0.15) is 0 Å². The SMILES string of the molecule is COc1ccc(/C(=C(\c2ccc(/C=C/C(=O)O)nc2)c2ccc3c(c2)C(F)NN3)C2CCC2)c(Cl)c1. The highest BCUT2D eigenvalue weighted by Crippen LogP contribution is 2.47. The van der Waals surface area contributed by atoms with Crippen molar-refractivity contribution in [3.05, 3.63) is 93.8 Å². The molecule has 3 N–H and O–H groups in total. The number of nitrogens with zero attached hydrogens (tertiary/aromatic N) is 1. The number of benzene rings is 2. The molecule has 1 saturated carbocycles. The number of aliphatic carboxylic acids is 1. The Balaban J connectivity index is 1.73. The quantitative estimate of drug-likeness (QED) is 0.193. The lowest BCUT2D eigenvalue weighted by Crippen LogP contribution is -2.15. The van der Waals surface area contributed by atoms with Crippen molar-refractivity contribution < 1.29 is 19.0 Å². The molecule has 1 aliphatic carbocycles. The van der Waals surface area contributed by atoms with Gasteiger partial charge in [0.15, 0.2) is 6.30 Å². The topological polar surface area (TPSA) is 83.5 Å². The predicted molar refractivity (Wildman–Crippen MR) is 139 cm³/mol. The highest BCUT2D eigenvalue weighted by molar-refractivity contribution is 6.33. The van der Waals surface area contributed by atoms with Crippen molar-refractivity contribution in [2.75, 3.05) is 12.5 Å². The summed E-state index contributed by atoms with van der Waals surface area (Å²) in [6.45, 7) is 0. The summed E-state index contributed by atoms with van der Waals surface area (Å²) in [6, 6.07) is 15.0. The zero-order valence-corrected chi connectivity index (χ0v) is 20.3. The number of carboxylic acid groups (broad SMARTS) is 1. The minimum absolute atomic E-state index is 0.281.